The van der Waals surface area contributed by atoms with Gasteiger partial charge in [0.1, 0.15) is 10.7 Å². The standard InChI is InChI=1S/C12H11F3N4OS/c1-2-19-6-7(5-17-19)20-11-8(10(16)21)3-4-9(18-11)12(13,14)15/h3-6H,2H2,1H3,(H2,16,21). The molecular formula is C12H11F3N4OS. The summed E-state index contributed by atoms with van der Waals surface area (Å²) in [5, 5.41) is 3.95. The SMILES string of the molecule is CCn1cc(Oc2nc(C(F)(F)F)ccc2C(N)=S)cn1. The first-order valence-corrected chi connectivity index (χ1v) is 6.30. The van der Waals surface area contributed by atoms with Crippen LogP contribution in [-0.4, -0.2) is 19.8 Å². The zero-order valence-electron chi connectivity index (χ0n) is 10.9. The van der Waals surface area contributed by atoms with Crippen molar-refractivity contribution in [2.45, 2.75) is 19.6 Å². The van der Waals surface area contributed by atoms with Crippen LogP contribution in [0, 0.1) is 0 Å². The van der Waals surface area contributed by atoms with Crippen LogP contribution < -0.4 is 10.5 Å². The van der Waals surface area contributed by atoms with E-state index in [1.54, 1.807) is 4.68 Å². The number of hydrogen-bond donors (Lipinski definition) is 1. The van der Waals surface area contributed by atoms with Gasteiger partial charge in [0.2, 0.25) is 5.88 Å². The number of thiocarbonyl (C=S) groups is 1. The Morgan fingerprint density at radius 1 is 1.43 bits per heavy atom. The summed E-state index contributed by atoms with van der Waals surface area (Å²) < 4.78 is 45.0. The number of halogens is 3. The van der Waals surface area contributed by atoms with E-state index in [-0.39, 0.29) is 22.2 Å². The highest BCUT2D eigenvalue weighted by Crippen LogP contribution is 2.31. The van der Waals surface area contributed by atoms with Crippen LogP contribution in [0.4, 0.5) is 13.2 Å². The lowest BCUT2D eigenvalue weighted by Crippen LogP contribution is -2.15. The van der Waals surface area contributed by atoms with Gasteiger partial charge in [0.05, 0.1) is 18.0 Å². The molecule has 0 saturated carbocycles. The molecule has 112 valence electrons. The van der Waals surface area contributed by atoms with E-state index < -0.39 is 11.9 Å². The lowest BCUT2D eigenvalue weighted by atomic mass is 10.2. The lowest BCUT2D eigenvalue weighted by molar-refractivity contribution is -0.141. The van der Waals surface area contributed by atoms with E-state index in [4.69, 9.17) is 22.7 Å². The molecule has 2 aromatic rings. The number of nitrogens with zero attached hydrogens (tertiary/aromatic N) is 3. The normalized spacial score (nSPS) is 11.4. The molecule has 5 nitrogen and oxygen atoms in total. The van der Waals surface area contributed by atoms with Crippen LogP contribution >= 0.6 is 12.2 Å². The molecule has 0 atom stereocenters. The van der Waals surface area contributed by atoms with Crippen LogP contribution in [0.1, 0.15) is 18.2 Å². The molecule has 21 heavy (non-hydrogen) atoms. The molecule has 0 aliphatic rings. The number of aryl methyl sites for hydroxylation is 1. The molecule has 0 aliphatic heterocycles. The van der Waals surface area contributed by atoms with E-state index in [9.17, 15) is 13.2 Å². The summed E-state index contributed by atoms with van der Waals surface area (Å²) in [6, 6.07) is 1.94. The highest BCUT2D eigenvalue weighted by Gasteiger charge is 2.33. The van der Waals surface area contributed by atoms with Gasteiger partial charge in [0.25, 0.3) is 0 Å². The average molecular weight is 316 g/mol. The van der Waals surface area contributed by atoms with Gasteiger partial charge in [-0.15, -0.1) is 0 Å². The minimum absolute atomic E-state index is 0.103. The van der Waals surface area contributed by atoms with Crippen molar-refractivity contribution < 1.29 is 17.9 Å². The van der Waals surface area contributed by atoms with Crippen LogP contribution in [0.2, 0.25) is 0 Å². The zero-order valence-corrected chi connectivity index (χ0v) is 11.7. The topological polar surface area (TPSA) is 66.0 Å². The summed E-state index contributed by atoms with van der Waals surface area (Å²) in [6.07, 6.45) is -1.68. The number of rotatable bonds is 4. The zero-order chi connectivity index (χ0) is 15.6. The second kappa shape index (κ2) is 5.68. The van der Waals surface area contributed by atoms with Crippen LogP contribution in [-0.2, 0) is 12.7 Å². The number of alkyl halides is 3. The van der Waals surface area contributed by atoms with Crippen molar-refractivity contribution in [2.24, 2.45) is 5.73 Å². The summed E-state index contributed by atoms with van der Waals surface area (Å²) in [4.78, 5) is 3.34. The second-order valence-corrected chi connectivity index (χ2v) is 4.48. The van der Waals surface area contributed by atoms with E-state index >= 15 is 0 Å². The molecule has 2 aromatic heterocycles. The average Bonchev–Trinajstić information content (AvgIpc) is 2.85. The molecule has 0 saturated heterocycles. The minimum atomic E-state index is -4.58. The Labute approximate surface area is 123 Å². The third-order valence-corrected chi connectivity index (χ3v) is 2.78. The van der Waals surface area contributed by atoms with Gasteiger partial charge in [-0.25, -0.2) is 4.98 Å². The van der Waals surface area contributed by atoms with Crippen LogP contribution in [0.5, 0.6) is 11.6 Å². The summed E-state index contributed by atoms with van der Waals surface area (Å²) in [5.74, 6) is -0.0471. The van der Waals surface area contributed by atoms with Gasteiger partial charge in [-0.3, -0.25) is 4.68 Å². The maximum atomic E-state index is 12.7. The first-order chi connectivity index (χ1) is 9.81. The fourth-order valence-corrected chi connectivity index (χ4v) is 1.70. The number of hydrogen-bond acceptors (Lipinski definition) is 4. The first-order valence-electron chi connectivity index (χ1n) is 5.89. The number of ether oxygens (including phenoxy) is 1. The molecular weight excluding hydrogens is 305 g/mol. The maximum absolute atomic E-state index is 12.7. The summed E-state index contributed by atoms with van der Waals surface area (Å²) >= 11 is 4.79. The molecule has 0 unspecified atom stereocenters. The van der Waals surface area contributed by atoms with Crippen molar-refractivity contribution in [2.75, 3.05) is 0 Å². The molecule has 0 bridgehead atoms. The number of pyridine rings is 1. The van der Waals surface area contributed by atoms with Crippen LogP contribution in [0.3, 0.4) is 0 Å². The third-order valence-electron chi connectivity index (χ3n) is 2.56. The summed E-state index contributed by atoms with van der Waals surface area (Å²) in [5.41, 5.74) is 4.51. The van der Waals surface area contributed by atoms with Crippen molar-refractivity contribution >= 4 is 17.2 Å². The molecule has 2 rings (SSSR count). The Balaban J connectivity index is 2.41. The Morgan fingerprint density at radius 3 is 2.67 bits per heavy atom. The fourth-order valence-electron chi connectivity index (χ4n) is 1.55. The van der Waals surface area contributed by atoms with Crippen molar-refractivity contribution in [1.82, 2.24) is 14.8 Å². The second-order valence-electron chi connectivity index (χ2n) is 4.05. The van der Waals surface area contributed by atoms with Gasteiger partial charge in [-0.2, -0.15) is 18.3 Å². The fraction of sp³-hybridized carbons (Fsp3) is 0.250. The van der Waals surface area contributed by atoms with Crippen LogP contribution in [0.25, 0.3) is 0 Å². The molecule has 2 N–H and O–H groups in total. The molecule has 0 fully saturated rings. The smallest absolute Gasteiger partial charge is 0.433 e. The highest BCUT2D eigenvalue weighted by molar-refractivity contribution is 7.80. The van der Waals surface area contributed by atoms with Gasteiger partial charge in [0, 0.05) is 6.54 Å². The highest BCUT2D eigenvalue weighted by atomic mass is 32.1. The lowest BCUT2D eigenvalue weighted by Gasteiger charge is -2.11. The van der Waals surface area contributed by atoms with E-state index in [1.165, 1.54) is 12.4 Å². The van der Waals surface area contributed by atoms with E-state index in [2.05, 4.69) is 10.1 Å². The Hall–Kier alpha value is -2.16. The van der Waals surface area contributed by atoms with Gasteiger partial charge in [0.15, 0.2) is 5.75 Å². The monoisotopic (exact) mass is 316 g/mol. The van der Waals surface area contributed by atoms with E-state index in [0.717, 1.165) is 12.1 Å². The van der Waals surface area contributed by atoms with Crippen molar-refractivity contribution in [3.63, 3.8) is 0 Å². The molecule has 0 amide bonds. The number of aromatic nitrogens is 3. The predicted molar refractivity (Wildman–Crippen MR) is 73.1 cm³/mol. The van der Waals surface area contributed by atoms with Crippen molar-refractivity contribution in [1.29, 1.82) is 0 Å². The molecule has 0 spiro atoms. The van der Waals surface area contributed by atoms with Gasteiger partial charge in [-0.05, 0) is 19.1 Å². The predicted octanol–water partition coefficient (Wildman–Crippen LogP) is 2.74. The van der Waals surface area contributed by atoms with Gasteiger partial charge >= 0.3 is 6.18 Å². The largest absolute Gasteiger partial charge is 0.435 e. The van der Waals surface area contributed by atoms with E-state index in [1.807, 2.05) is 6.92 Å². The van der Waals surface area contributed by atoms with Crippen LogP contribution in [0.15, 0.2) is 24.5 Å². The molecule has 9 heteroatoms. The van der Waals surface area contributed by atoms with Gasteiger partial charge in [-0.1, -0.05) is 12.2 Å². The Bertz CT molecular complexity index is 669. The third kappa shape index (κ3) is 3.48. The quantitative estimate of drug-likeness (QED) is 0.879. The molecule has 2 heterocycles. The maximum Gasteiger partial charge on any atom is 0.433 e. The Morgan fingerprint density at radius 2 is 2.14 bits per heavy atom. The first kappa shape index (κ1) is 15.2. The summed E-state index contributed by atoms with van der Waals surface area (Å²) in [6.45, 7) is 2.46. The van der Waals surface area contributed by atoms with Crippen molar-refractivity contribution in [3.05, 3.63) is 35.8 Å². The molecule has 0 radical (unpaired) electrons. The Kier molecular flexibility index (Phi) is 4.12. The minimum Gasteiger partial charge on any atom is -0.435 e. The molecule has 0 aliphatic carbocycles. The van der Waals surface area contributed by atoms with Gasteiger partial charge < -0.3 is 10.5 Å². The van der Waals surface area contributed by atoms with E-state index in [0.29, 0.717) is 6.54 Å². The number of nitrogens with two attached hydrogens (primary N) is 1. The summed E-state index contributed by atoms with van der Waals surface area (Å²) in [7, 11) is 0. The molecule has 0 aromatic carbocycles. The van der Waals surface area contributed by atoms with Crippen molar-refractivity contribution in [3.8, 4) is 11.6 Å².